The number of thiazole rings is 1. The highest BCUT2D eigenvalue weighted by molar-refractivity contribution is 7.22. The van der Waals surface area contributed by atoms with E-state index in [4.69, 9.17) is 14.5 Å². The molecule has 0 saturated carbocycles. The molecule has 6 aromatic rings. The van der Waals surface area contributed by atoms with Crippen molar-refractivity contribution < 1.29 is 23.8 Å². The van der Waals surface area contributed by atoms with Crippen molar-refractivity contribution in [2.24, 2.45) is 7.05 Å². The Hall–Kier alpha value is -4.60. The SMILES string of the molecule is Cc1cc2nc(-c3cccc(-c4ccc5c(cnn5C)c4)c3)sc2c(-c2cc(F)c3c(c2C)CCCO3)c1[C@H](OC(C)(C)C)C(=O)O. The average Bonchev–Trinajstić information content (AvgIpc) is 3.64. The zero-order chi connectivity index (χ0) is 33.2. The number of carboxylic acids is 1. The van der Waals surface area contributed by atoms with Gasteiger partial charge in [-0.05, 0) is 106 Å². The van der Waals surface area contributed by atoms with Crippen LogP contribution in [0.4, 0.5) is 4.39 Å². The first kappa shape index (κ1) is 31.0. The maximum absolute atomic E-state index is 15.7. The smallest absolute Gasteiger partial charge is 0.337 e. The lowest BCUT2D eigenvalue weighted by Gasteiger charge is -2.29. The number of aliphatic carboxylic acids is 1. The van der Waals surface area contributed by atoms with Crippen LogP contribution in [0.1, 0.15) is 55.5 Å². The summed E-state index contributed by atoms with van der Waals surface area (Å²) in [7, 11) is 1.93. The van der Waals surface area contributed by atoms with Crippen molar-refractivity contribution in [3.05, 3.63) is 88.9 Å². The second-order valence-electron chi connectivity index (χ2n) is 13.2. The maximum atomic E-state index is 15.7. The van der Waals surface area contributed by atoms with Crippen molar-refractivity contribution in [3.8, 4) is 38.6 Å². The summed E-state index contributed by atoms with van der Waals surface area (Å²) in [5.74, 6) is -1.27. The summed E-state index contributed by atoms with van der Waals surface area (Å²) in [5.41, 5.74) is 8.27. The molecule has 4 aromatic carbocycles. The van der Waals surface area contributed by atoms with E-state index in [1.54, 1.807) is 0 Å². The van der Waals surface area contributed by atoms with Gasteiger partial charge in [0.1, 0.15) is 5.01 Å². The van der Waals surface area contributed by atoms with Crippen LogP contribution >= 0.6 is 11.3 Å². The van der Waals surface area contributed by atoms with E-state index in [1.807, 2.05) is 70.7 Å². The summed E-state index contributed by atoms with van der Waals surface area (Å²) in [4.78, 5) is 18.0. The minimum atomic E-state index is -1.28. The molecule has 1 aliphatic rings. The number of fused-ring (bicyclic) bond motifs is 3. The molecule has 1 N–H and O–H groups in total. The first-order valence-corrected chi connectivity index (χ1v) is 16.5. The molecule has 0 bridgehead atoms. The Bertz CT molecular complexity index is 2210. The van der Waals surface area contributed by atoms with Gasteiger partial charge in [0.05, 0.1) is 34.1 Å². The van der Waals surface area contributed by atoms with E-state index < -0.39 is 23.5 Å². The maximum Gasteiger partial charge on any atom is 0.337 e. The number of carbonyl (C=O) groups is 1. The van der Waals surface area contributed by atoms with Crippen LogP contribution in [0, 0.1) is 19.7 Å². The van der Waals surface area contributed by atoms with Crippen molar-refractivity contribution in [3.63, 3.8) is 0 Å². The topological polar surface area (TPSA) is 86.5 Å². The van der Waals surface area contributed by atoms with Crippen molar-refractivity contribution in [1.29, 1.82) is 0 Å². The minimum Gasteiger partial charge on any atom is -0.490 e. The lowest BCUT2D eigenvalue weighted by Crippen LogP contribution is -2.28. The number of nitrogens with zero attached hydrogens (tertiary/aromatic N) is 3. The number of aryl methyl sites for hydroxylation is 2. The van der Waals surface area contributed by atoms with E-state index >= 15 is 4.39 Å². The van der Waals surface area contributed by atoms with Gasteiger partial charge in [-0.15, -0.1) is 11.3 Å². The highest BCUT2D eigenvalue weighted by Crippen LogP contribution is 2.47. The molecule has 240 valence electrons. The Morgan fingerprint density at radius 1 is 1.09 bits per heavy atom. The zero-order valence-corrected chi connectivity index (χ0v) is 28.1. The number of hydrogen-bond donors (Lipinski definition) is 1. The first-order valence-electron chi connectivity index (χ1n) is 15.7. The fourth-order valence-electron chi connectivity index (χ4n) is 6.62. The molecule has 0 spiro atoms. The Balaban J connectivity index is 1.45. The van der Waals surface area contributed by atoms with Crippen LogP contribution in [-0.4, -0.2) is 38.0 Å². The molecule has 3 heterocycles. The number of ether oxygens (including phenoxy) is 2. The Labute approximate surface area is 276 Å². The molecular weight excluding hydrogens is 614 g/mol. The summed E-state index contributed by atoms with van der Waals surface area (Å²) < 4.78 is 30.3. The van der Waals surface area contributed by atoms with Crippen LogP contribution in [0.5, 0.6) is 5.75 Å². The van der Waals surface area contributed by atoms with Crippen molar-refractivity contribution >= 4 is 38.4 Å². The average molecular weight is 650 g/mol. The molecule has 0 saturated heterocycles. The third-order valence-corrected chi connectivity index (χ3v) is 9.92. The van der Waals surface area contributed by atoms with Crippen LogP contribution in [0.3, 0.4) is 0 Å². The molecule has 2 aromatic heterocycles. The molecule has 0 unspecified atom stereocenters. The van der Waals surface area contributed by atoms with Crippen LogP contribution in [0.2, 0.25) is 0 Å². The van der Waals surface area contributed by atoms with Gasteiger partial charge in [0, 0.05) is 34.7 Å². The minimum absolute atomic E-state index is 0.287. The van der Waals surface area contributed by atoms with Gasteiger partial charge >= 0.3 is 5.97 Å². The van der Waals surface area contributed by atoms with E-state index in [1.165, 1.54) is 17.4 Å². The van der Waals surface area contributed by atoms with Gasteiger partial charge in [-0.2, -0.15) is 5.10 Å². The third kappa shape index (κ3) is 5.57. The molecule has 1 atom stereocenters. The summed E-state index contributed by atoms with van der Waals surface area (Å²) in [6, 6.07) is 17.9. The summed E-state index contributed by atoms with van der Waals surface area (Å²) in [5, 5.41) is 16.7. The number of aromatic nitrogens is 3. The van der Waals surface area contributed by atoms with Gasteiger partial charge in [0.15, 0.2) is 17.7 Å². The Kier molecular flexibility index (Phi) is 7.64. The number of halogens is 1. The van der Waals surface area contributed by atoms with Crippen LogP contribution in [0.15, 0.2) is 60.8 Å². The largest absolute Gasteiger partial charge is 0.490 e. The van der Waals surface area contributed by atoms with Gasteiger partial charge in [0.2, 0.25) is 0 Å². The summed E-state index contributed by atoms with van der Waals surface area (Å²) >= 11 is 1.48. The molecule has 47 heavy (non-hydrogen) atoms. The lowest BCUT2D eigenvalue weighted by molar-refractivity contribution is -0.160. The highest BCUT2D eigenvalue weighted by Gasteiger charge is 2.34. The molecule has 7 nitrogen and oxygen atoms in total. The number of benzene rings is 4. The molecule has 1 aliphatic heterocycles. The summed E-state index contributed by atoms with van der Waals surface area (Å²) in [6.07, 6.45) is 2.05. The predicted octanol–water partition coefficient (Wildman–Crippen LogP) is 9.21. The zero-order valence-electron chi connectivity index (χ0n) is 27.3. The molecular formula is C38H36FN3O4S. The summed E-state index contributed by atoms with van der Waals surface area (Å²) in [6.45, 7) is 9.81. The third-order valence-electron chi connectivity index (χ3n) is 8.78. The quantitative estimate of drug-likeness (QED) is 0.194. The van der Waals surface area contributed by atoms with Crippen LogP contribution in [-0.2, 0) is 23.0 Å². The van der Waals surface area contributed by atoms with E-state index in [-0.39, 0.29) is 5.75 Å². The van der Waals surface area contributed by atoms with E-state index in [9.17, 15) is 9.90 Å². The Morgan fingerprint density at radius 2 is 1.85 bits per heavy atom. The normalized spacial score (nSPS) is 13.9. The molecule has 0 radical (unpaired) electrons. The van der Waals surface area contributed by atoms with Crippen molar-refractivity contribution in [2.45, 2.75) is 59.2 Å². The Morgan fingerprint density at radius 3 is 2.62 bits per heavy atom. The van der Waals surface area contributed by atoms with E-state index in [0.717, 1.165) is 60.4 Å². The second kappa shape index (κ2) is 11.6. The predicted molar refractivity (Wildman–Crippen MR) is 185 cm³/mol. The second-order valence-corrected chi connectivity index (χ2v) is 14.2. The van der Waals surface area contributed by atoms with Gasteiger partial charge in [-0.25, -0.2) is 14.2 Å². The van der Waals surface area contributed by atoms with Crippen LogP contribution < -0.4 is 4.74 Å². The number of carboxylic acid groups (broad SMARTS) is 1. The number of rotatable bonds is 6. The van der Waals surface area contributed by atoms with E-state index in [0.29, 0.717) is 35.3 Å². The van der Waals surface area contributed by atoms with E-state index in [2.05, 4.69) is 35.4 Å². The number of hydrogen-bond acceptors (Lipinski definition) is 6. The van der Waals surface area contributed by atoms with Crippen LogP contribution in [0.25, 0.3) is 53.9 Å². The lowest BCUT2D eigenvalue weighted by atomic mass is 9.86. The molecule has 9 heteroatoms. The fraction of sp³-hybridized carbons (Fsp3) is 0.289. The van der Waals surface area contributed by atoms with Gasteiger partial charge < -0.3 is 14.6 Å². The molecule has 7 rings (SSSR count). The molecule has 0 amide bonds. The molecule has 0 aliphatic carbocycles. The fourth-order valence-corrected chi connectivity index (χ4v) is 7.73. The van der Waals surface area contributed by atoms with Gasteiger partial charge in [-0.3, -0.25) is 4.68 Å². The van der Waals surface area contributed by atoms with Gasteiger partial charge in [0.25, 0.3) is 0 Å². The van der Waals surface area contributed by atoms with Crippen molar-refractivity contribution in [1.82, 2.24) is 14.8 Å². The van der Waals surface area contributed by atoms with Gasteiger partial charge in [-0.1, -0.05) is 24.3 Å². The highest BCUT2D eigenvalue weighted by atomic mass is 32.1. The molecule has 0 fully saturated rings. The monoisotopic (exact) mass is 649 g/mol. The first-order chi connectivity index (χ1) is 22.4. The van der Waals surface area contributed by atoms with Crippen molar-refractivity contribution in [2.75, 3.05) is 6.61 Å². The standard InChI is InChI=1S/C38H36FN3O4S/c1-20-15-29-35(47-36(41-29)24-10-7-9-22(16-24)23-12-13-30-25(17-23)19-40-42(30)6)32(31(20)34(37(43)44)46-38(3,4)5)27-18-28(39)33-26(21(27)2)11-8-14-45-33/h7,9-10,12-13,15-19,34H,8,11,14H2,1-6H3,(H,43,44)/t34-/m0/s1.